The van der Waals surface area contributed by atoms with E-state index in [4.69, 9.17) is 27.9 Å². The van der Waals surface area contributed by atoms with Crippen molar-refractivity contribution < 1.29 is 4.74 Å². The molecule has 100 valence electrons. The summed E-state index contributed by atoms with van der Waals surface area (Å²) in [5.74, 6) is 1.66. The minimum absolute atomic E-state index is 0.197. The van der Waals surface area contributed by atoms with Crippen molar-refractivity contribution in [1.29, 1.82) is 0 Å². The van der Waals surface area contributed by atoms with Crippen LogP contribution >= 0.6 is 23.2 Å². The third-order valence-electron chi connectivity index (χ3n) is 2.36. The third-order valence-corrected chi connectivity index (χ3v) is 2.79. The molecule has 0 aliphatic heterocycles. The van der Waals surface area contributed by atoms with E-state index in [9.17, 15) is 0 Å². The lowest BCUT2D eigenvalue weighted by Gasteiger charge is -2.17. The second kappa shape index (κ2) is 5.35. The molecule has 2 rings (SSSR count). The van der Waals surface area contributed by atoms with Gasteiger partial charge in [-0.15, -0.1) is 0 Å². The van der Waals surface area contributed by atoms with Gasteiger partial charge in [0.1, 0.15) is 16.7 Å². The maximum atomic E-state index is 6.00. The van der Waals surface area contributed by atoms with Gasteiger partial charge in [0, 0.05) is 16.5 Å². The molecule has 1 aromatic carbocycles. The SMILES string of the molecule is CC(C)(C)c1nc(Cl)cc(Oc2cccc(Cl)c2)n1. The van der Waals surface area contributed by atoms with E-state index in [1.807, 2.05) is 26.8 Å². The van der Waals surface area contributed by atoms with Gasteiger partial charge < -0.3 is 4.74 Å². The number of hydrogen-bond acceptors (Lipinski definition) is 3. The fourth-order valence-electron chi connectivity index (χ4n) is 1.44. The molecule has 1 aromatic heterocycles. The number of benzene rings is 1. The average Bonchev–Trinajstić information content (AvgIpc) is 2.26. The Hall–Kier alpha value is -1.32. The first-order valence-electron chi connectivity index (χ1n) is 5.83. The van der Waals surface area contributed by atoms with E-state index in [0.29, 0.717) is 27.6 Å². The largest absolute Gasteiger partial charge is 0.439 e. The van der Waals surface area contributed by atoms with Gasteiger partial charge in [-0.1, -0.05) is 50.0 Å². The number of nitrogens with zero attached hydrogens (tertiary/aromatic N) is 2. The summed E-state index contributed by atoms with van der Waals surface area (Å²) >= 11 is 11.9. The van der Waals surface area contributed by atoms with Crippen molar-refractivity contribution in [2.24, 2.45) is 0 Å². The fourth-order valence-corrected chi connectivity index (χ4v) is 1.79. The summed E-state index contributed by atoms with van der Waals surface area (Å²) in [5.41, 5.74) is -0.197. The third kappa shape index (κ3) is 3.82. The van der Waals surface area contributed by atoms with Crippen molar-refractivity contribution in [3.63, 3.8) is 0 Å². The highest BCUT2D eigenvalue weighted by atomic mass is 35.5. The van der Waals surface area contributed by atoms with Crippen LogP contribution in [0, 0.1) is 0 Å². The predicted molar refractivity (Wildman–Crippen MR) is 77.3 cm³/mol. The smallest absolute Gasteiger partial charge is 0.224 e. The van der Waals surface area contributed by atoms with Crippen molar-refractivity contribution in [1.82, 2.24) is 9.97 Å². The van der Waals surface area contributed by atoms with E-state index in [2.05, 4.69) is 9.97 Å². The normalized spacial score (nSPS) is 11.4. The standard InChI is InChI=1S/C14H14Cl2N2O/c1-14(2,3)13-17-11(16)8-12(18-13)19-10-6-4-5-9(15)7-10/h4-8H,1-3H3. The zero-order valence-electron chi connectivity index (χ0n) is 10.9. The van der Waals surface area contributed by atoms with Gasteiger partial charge in [0.05, 0.1) is 0 Å². The van der Waals surface area contributed by atoms with Gasteiger partial charge in [-0.05, 0) is 18.2 Å². The Morgan fingerprint density at radius 3 is 2.42 bits per heavy atom. The molecule has 0 atom stereocenters. The molecule has 0 aliphatic rings. The van der Waals surface area contributed by atoms with Gasteiger partial charge in [-0.25, -0.2) is 4.98 Å². The fraction of sp³-hybridized carbons (Fsp3) is 0.286. The Morgan fingerprint density at radius 1 is 1.05 bits per heavy atom. The van der Waals surface area contributed by atoms with E-state index < -0.39 is 0 Å². The number of ether oxygens (including phenoxy) is 1. The molecule has 5 heteroatoms. The van der Waals surface area contributed by atoms with E-state index in [1.165, 1.54) is 0 Å². The number of rotatable bonds is 2. The highest BCUT2D eigenvalue weighted by molar-refractivity contribution is 6.30. The van der Waals surface area contributed by atoms with Crippen molar-refractivity contribution >= 4 is 23.2 Å². The molecule has 0 fully saturated rings. The van der Waals surface area contributed by atoms with Crippen LogP contribution in [0.5, 0.6) is 11.6 Å². The van der Waals surface area contributed by atoms with E-state index in [-0.39, 0.29) is 5.41 Å². The molecule has 1 heterocycles. The summed E-state index contributed by atoms with van der Waals surface area (Å²) in [6.45, 7) is 6.05. The zero-order chi connectivity index (χ0) is 14.0. The number of halogens is 2. The zero-order valence-corrected chi connectivity index (χ0v) is 12.5. The molecule has 0 saturated carbocycles. The van der Waals surface area contributed by atoms with Gasteiger partial charge in [-0.3, -0.25) is 0 Å². The lowest BCUT2D eigenvalue weighted by molar-refractivity contribution is 0.446. The summed E-state index contributed by atoms with van der Waals surface area (Å²) in [6, 6.07) is 8.69. The Labute approximate surface area is 122 Å². The highest BCUT2D eigenvalue weighted by Crippen LogP contribution is 2.27. The summed E-state index contributed by atoms with van der Waals surface area (Å²) in [6.07, 6.45) is 0. The van der Waals surface area contributed by atoms with Gasteiger partial charge in [0.2, 0.25) is 5.88 Å². The summed E-state index contributed by atoms with van der Waals surface area (Å²) in [7, 11) is 0. The van der Waals surface area contributed by atoms with Crippen LogP contribution in [0.25, 0.3) is 0 Å². The number of hydrogen-bond donors (Lipinski definition) is 0. The predicted octanol–water partition coefficient (Wildman–Crippen LogP) is 4.87. The van der Waals surface area contributed by atoms with Gasteiger partial charge >= 0.3 is 0 Å². The monoisotopic (exact) mass is 296 g/mol. The van der Waals surface area contributed by atoms with Gasteiger partial charge in [0.25, 0.3) is 0 Å². The quantitative estimate of drug-likeness (QED) is 0.741. The molecule has 0 unspecified atom stereocenters. The maximum Gasteiger partial charge on any atom is 0.224 e. The molecular formula is C14H14Cl2N2O. The van der Waals surface area contributed by atoms with Crippen LogP contribution in [0.15, 0.2) is 30.3 Å². The summed E-state index contributed by atoms with van der Waals surface area (Å²) < 4.78 is 5.66. The van der Waals surface area contributed by atoms with Gasteiger partial charge in [-0.2, -0.15) is 4.98 Å². The molecule has 0 saturated heterocycles. The molecule has 0 aliphatic carbocycles. The summed E-state index contributed by atoms with van der Waals surface area (Å²) in [5, 5.41) is 0.964. The molecule has 3 nitrogen and oxygen atoms in total. The van der Waals surface area contributed by atoms with E-state index in [0.717, 1.165) is 0 Å². The second-order valence-electron chi connectivity index (χ2n) is 5.16. The van der Waals surface area contributed by atoms with E-state index in [1.54, 1.807) is 24.3 Å². The first-order valence-corrected chi connectivity index (χ1v) is 6.59. The lowest BCUT2D eigenvalue weighted by Crippen LogP contribution is -2.16. The molecule has 0 radical (unpaired) electrons. The van der Waals surface area contributed by atoms with Crippen molar-refractivity contribution in [2.75, 3.05) is 0 Å². The van der Waals surface area contributed by atoms with Crippen LogP contribution < -0.4 is 4.74 Å². The molecule has 19 heavy (non-hydrogen) atoms. The Kier molecular flexibility index (Phi) is 3.97. The summed E-state index contributed by atoms with van der Waals surface area (Å²) in [4.78, 5) is 8.58. The Morgan fingerprint density at radius 2 is 1.79 bits per heavy atom. The minimum atomic E-state index is -0.197. The topological polar surface area (TPSA) is 35.0 Å². The van der Waals surface area contributed by atoms with Crippen LogP contribution in [-0.4, -0.2) is 9.97 Å². The molecular weight excluding hydrogens is 283 g/mol. The second-order valence-corrected chi connectivity index (χ2v) is 5.99. The molecule has 0 N–H and O–H groups in total. The average molecular weight is 297 g/mol. The highest BCUT2D eigenvalue weighted by Gasteiger charge is 2.19. The van der Waals surface area contributed by atoms with Gasteiger partial charge in [0.15, 0.2) is 0 Å². The first-order chi connectivity index (χ1) is 8.84. The Balaban J connectivity index is 2.33. The Bertz CT molecular complexity index is 594. The van der Waals surface area contributed by atoms with Crippen LogP contribution in [0.1, 0.15) is 26.6 Å². The molecule has 0 bridgehead atoms. The molecule has 0 amide bonds. The van der Waals surface area contributed by atoms with Crippen molar-refractivity contribution in [3.8, 4) is 11.6 Å². The van der Waals surface area contributed by atoms with Crippen LogP contribution in [-0.2, 0) is 5.41 Å². The maximum absolute atomic E-state index is 6.00. The lowest BCUT2D eigenvalue weighted by atomic mass is 9.96. The first kappa shape index (κ1) is 14.1. The van der Waals surface area contributed by atoms with Crippen LogP contribution in [0.4, 0.5) is 0 Å². The number of aromatic nitrogens is 2. The van der Waals surface area contributed by atoms with Crippen LogP contribution in [0.2, 0.25) is 10.2 Å². The molecule has 2 aromatic rings. The van der Waals surface area contributed by atoms with Crippen LogP contribution in [0.3, 0.4) is 0 Å². The van der Waals surface area contributed by atoms with Crippen molar-refractivity contribution in [3.05, 3.63) is 46.3 Å². The minimum Gasteiger partial charge on any atom is -0.439 e. The van der Waals surface area contributed by atoms with Crippen molar-refractivity contribution in [2.45, 2.75) is 26.2 Å². The molecule has 0 spiro atoms. The van der Waals surface area contributed by atoms with E-state index >= 15 is 0 Å².